The summed E-state index contributed by atoms with van der Waals surface area (Å²) in [4.78, 5) is 6.94. The molecule has 0 bridgehead atoms. The highest BCUT2D eigenvalue weighted by Gasteiger charge is 2.30. The smallest absolute Gasteiger partial charge is 0.132 e. The molecular weight excluding hydrogens is 226 g/mol. The van der Waals surface area contributed by atoms with Crippen LogP contribution in [0, 0.1) is 0 Å². The number of hydrogen-bond donors (Lipinski definition) is 1. The molecule has 0 aliphatic heterocycles. The molecule has 1 aliphatic rings. The average Bonchev–Trinajstić information content (AvgIpc) is 3.15. The molecule has 2 N–H and O–H groups in total. The summed E-state index contributed by atoms with van der Waals surface area (Å²) in [6.45, 7) is 3.68. The number of methoxy groups -OCH3 is 1. The highest BCUT2D eigenvalue weighted by molar-refractivity contribution is 5.49. The summed E-state index contributed by atoms with van der Waals surface area (Å²) < 4.78 is 5.20. The van der Waals surface area contributed by atoms with Crippen LogP contribution in [0.4, 0.5) is 5.82 Å². The maximum atomic E-state index is 5.91. The van der Waals surface area contributed by atoms with Crippen LogP contribution in [0.3, 0.4) is 0 Å². The third-order valence-electron chi connectivity index (χ3n) is 3.21. The lowest BCUT2D eigenvalue weighted by Crippen LogP contribution is -2.32. The van der Waals surface area contributed by atoms with Crippen LogP contribution in [0.25, 0.3) is 0 Å². The van der Waals surface area contributed by atoms with E-state index >= 15 is 0 Å². The number of anilines is 1. The Hall–Kier alpha value is -1.13. The van der Waals surface area contributed by atoms with Crippen LogP contribution in [0.15, 0.2) is 18.3 Å². The number of rotatable bonds is 7. The third kappa shape index (κ3) is 3.43. The highest BCUT2D eigenvalue weighted by Crippen LogP contribution is 2.32. The molecule has 0 aromatic carbocycles. The van der Waals surface area contributed by atoms with E-state index in [2.05, 4.69) is 16.0 Å². The van der Waals surface area contributed by atoms with Crippen molar-refractivity contribution in [3.63, 3.8) is 0 Å². The van der Waals surface area contributed by atoms with Crippen molar-refractivity contribution in [2.45, 2.75) is 38.3 Å². The molecule has 1 heterocycles. The second-order valence-electron chi connectivity index (χ2n) is 5.08. The fourth-order valence-electron chi connectivity index (χ4n) is 2.23. The van der Waals surface area contributed by atoms with Gasteiger partial charge in [0.15, 0.2) is 0 Å². The van der Waals surface area contributed by atoms with Gasteiger partial charge < -0.3 is 15.4 Å². The van der Waals surface area contributed by atoms with E-state index in [4.69, 9.17) is 10.5 Å². The van der Waals surface area contributed by atoms with Crippen molar-refractivity contribution in [1.29, 1.82) is 0 Å². The third-order valence-corrected chi connectivity index (χ3v) is 3.21. The standard InChI is InChI=1S/C14H23N3O/c1-11(15)10-12-4-3-7-16-14(12)17(8-9-18-2)13-5-6-13/h3-4,7,11,13H,5-6,8-10,15H2,1-2H3. The minimum absolute atomic E-state index is 0.163. The van der Waals surface area contributed by atoms with Crippen LogP contribution in [-0.4, -0.2) is 37.3 Å². The Bertz CT molecular complexity index is 377. The number of aromatic nitrogens is 1. The zero-order valence-corrected chi connectivity index (χ0v) is 11.3. The molecule has 0 radical (unpaired) electrons. The lowest BCUT2D eigenvalue weighted by molar-refractivity contribution is 0.204. The molecule has 100 valence electrons. The molecule has 2 rings (SSSR count). The summed E-state index contributed by atoms with van der Waals surface area (Å²) in [6.07, 6.45) is 5.26. The fourth-order valence-corrected chi connectivity index (χ4v) is 2.23. The van der Waals surface area contributed by atoms with Gasteiger partial charge in [-0.05, 0) is 37.8 Å². The zero-order chi connectivity index (χ0) is 13.0. The van der Waals surface area contributed by atoms with Gasteiger partial charge in [-0.25, -0.2) is 4.98 Å². The molecule has 1 aromatic heterocycles. The summed E-state index contributed by atoms with van der Waals surface area (Å²) in [6, 6.07) is 4.93. The topological polar surface area (TPSA) is 51.4 Å². The largest absolute Gasteiger partial charge is 0.383 e. The van der Waals surface area contributed by atoms with E-state index in [1.54, 1.807) is 7.11 Å². The summed E-state index contributed by atoms with van der Waals surface area (Å²) in [5.74, 6) is 1.09. The number of nitrogens with two attached hydrogens (primary N) is 1. The lowest BCUT2D eigenvalue weighted by atomic mass is 10.1. The summed E-state index contributed by atoms with van der Waals surface area (Å²) >= 11 is 0. The van der Waals surface area contributed by atoms with Gasteiger partial charge in [0.1, 0.15) is 5.82 Å². The van der Waals surface area contributed by atoms with Crippen molar-refractivity contribution < 1.29 is 4.74 Å². The van der Waals surface area contributed by atoms with Crippen LogP contribution >= 0.6 is 0 Å². The molecule has 0 saturated heterocycles. The predicted octanol–water partition coefficient (Wildman–Crippen LogP) is 1.59. The number of pyridine rings is 1. The SMILES string of the molecule is COCCN(c1ncccc1CC(C)N)C1CC1. The van der Waals surface area contributed by atoms with Gasteiger partial charge in [0.05, 0.1) is 6.61 Å². The van der Waals surface area contributed by atoms with Crippen LogP contribution in [0.1, 0.15) is 25.3 Å². The molecular formula is C14H23N3O. The van der Waals surface area contributed by atoms with Crippen LogP contribution in [0.2, 0.25) is 0 Å². The van der Waals surface area contributed by atoms with E-state index in [0.29, 0.717) is 6.04 Å². The summed E-state index contributed by atoms with van der Waals surface area (Å²) in [5.41, 5.74) is 7.16. The van der Waals surface area contributed by atoms with Gasteiger partial charge in [-0.15, -0.1) is 0 Å². The monoisotopic (exact) mass is 249 g/mol. The van der Waals surface area contributed by atoms with Gasteiger partial charge in [0.25, 0.3) is 0 Å². The number of hydrogen-bond acceptors (Lipinski definition) is 4. The highest BCUT2D eigenvalue weighted by atomic mass is 16.5. The van der Waals surface area contributed by atoms with E-state index in [-0.39, 0.29) is 6.04 Å². The van der Waals surface area contributed by atoms with Crippen LogP contribution in [-0.2, 0) is 11.2 Å². The molecule has 1 unspecified atom stereocenters. The maximum Gasteiger partial charge on any atom is 0.132 e. The number of nitrogens with zero attached hydrogens (tertiary/aromatic N) is 2. The van der Waals surface area contributed by atoms with E-state index < -0.39 is 0 Å². The summed E-state index contributed by atoms with van der Waals surface area (Å²) in [5, 5.41) is 0. The molecule has 1 saturated carbocycles. The summed E-state index contributed by atoms with van der Waals surface area (Å²) in [7, 11) is 1.74. The van der Waals surface area contributed by atoms with Crippen molar-refractivity contribution in [2.75, 3.05) is 25.2 Å². The molecule has 0 spiro atoms. The zero-order valence-electron chi connectivity index (χ0n) is 11.3. The second-order valence-corrected chi connectivity index (χ2v) is 5.08. The van der Waals surface area contributed by atoms with Gasteiger partial charge in [-0.1, -0.05) is 6.07 Å². The Labute approximate surface area is 109 Å². The number of ether oxygens (including phenoxy) is 1. The Kier molecular flexibility index (Phi) is 4.55. The second kappa shape index (κ2) is 6.16. The van der Waals surface area contributed by atoms with E-state index in [1.807, 2.05) is 19.2 Å². The first-order chi connectivity index (χ1) is 8.72. The van der Waals surface area contributed by atoms with Gasteiger partial charge in [0.2, 0.25) is 0 Å². The molecule has 18 heavy (non-hydrogen) atoms. The van der Waals surface area contributed by atoms with Crippen molar-refractivity contribution in [3.8, 4) is 0 Å². The lowest BCUT2D eigenvalue weighted by Gasteiger charge is -2.26. The Morgan fingerprint density at radius 1 is 1.56 bits per heavy atom. The Balaban J connectivity index is 2.17. The van der Waals surface area contributed by atoms with Gasteiger partial charge >= 0.3 is 0 Å². The molecule has 0 amide bonds. The van der Waals surface area contributed by atoms with Gasteiger partial charge in [0, 0.05) is 31.9 Å². The van der Waals surface area contributed by atoms with Gasteiger partial charge in [-0.3, -0.25) is 0 Å². The predicted molar refractivity (Wildman–Crippen MR) is 73.8 cm³/mol. The van der Waals surface area contributed by atoms with Crippen LogP contribution < -0.4 is 10.6 Å². The fraction of sp³-hybridized carbons (Fsp3) is 0.643. The van der Waals surface area contributed by atoms with Crippen molar-refractivity contribution >= 4 is 5.82 Å². The normalized spacial score (nSPS) is 16.6. The minimum Gasteiger partial charge on any atom is -0.383 e. The first-order valence-electron chi connectivity index (χ1n) is 6.67. The average molecular weight is 249 g/mol. The first-order valence-corrected chi connectivity index (χ1v) is 6.67. The molecule has 4 heteroatoms. The quantitative estimate of drug-likeness (QED) is 0.797. The molecule has 4 nitrogen and oxygen atoms in total. The van der Waals surface area contributed by atoms with Crippen molar-refractivity contribution in [2.24, 2.45) is 5.73 Å². The maximum absolute atomic E-state index is 5.91. The Morgan fingerprint density at radius 3 is 2.94 bits per heavy atom. The minimum atomic E-state index is 0.163. The van der Waals surface area contributed by atoms with E-state index in [9.17, 15) is 0 Å². The molecule has 1 fully saturated rings. The van der Waals surface area contributed by atoms with Crippen molar-refractivity contribution in [3.05, 3.63) is 23.9 Å². The molecule has 1 aliphatic carbocycles. The first kappa shape index (κ1) is 13.3. The van der Waals surface area contributed by atoms with E-state index in [1.165, 1.54) is 18.4 Å². The van der Waals surface area contributed by atoms with Gasteiger partial charge in [-0.2, -0.15) is 0 Å². The molecule has 1 atom stereocenters. The van der Waals surface area contributed by atoms with Crippen molar-refractivity contribution in [1.82, 2.24) is 4.98 Å². The Morgan fingerprint density at radius 2 is 2.33 bits per heavy atom. The van der Waals surface area contributed by atoms with Crippen LogP contribution in [0.5, 0.6) is 0 Å². The van der Waals surface area contributed by atoms with E-state index in [0.717, 1.165) is 25.4 Å². The molecule has 1 aromatic rings.